The highest BCUT2D eigenvalue weighted by Crippen LogP contribution is 2.32. The van der Waals surface area contributed by atoms with Gasteiger partial charge < -0.3 is 9.47 Å². The number of ether oxygens (including phenoxy) is 2. The number of fused-ring (bicyclic) bond motifs is 1. The van der Waals surface area contributed by atoms with Gasteiger partial charge in [0.05, 0.1) is 35.7 Å². The summed E-state index contributed by atoms with van der Waals surface area (Å²) in [6.45, 7) is 5.34. The summed E-state index contributed by atoms with van der Waals surface area (Å²) in [7, 11) is 1.64. The quantitative estimate of drug-likeness (QED) is 0.635. The van der Waals surface area contributed by atoms with Crippen LogP contribution in [0.4, 0.5) is 5.13 Å². The van der Waals surface area contributed by atoms with Gasteiger partial charge >= 0.3 is 0 Å². The molecule has 8 heteroatoms. The molecule has 1 unspecified atom stereocenters. The van der Waals surface area contributed by atoms with Crippen LogP contribution in [0.5, 0.6) is 5.75 Å². The SMILES string of the molecule is COc1ccc2sc(N(CC3CCCO3)C(=O)Cn3nc(C)cc3C)nc2c1. The molecule has 1 aromatic carbocycles. The van der Waals surface area contributed by atoms with E-state index < -0.39 is 0 Å². The lowest BCUT2D eigenvalue weighted by Crippen LogP contribution is -2.39. The van der Waals surface area contributed by atoms with Gasteiger partial charge in [0.15, 0.2) is 5.13 Å². The van der Waals surface area contributed by atoms with Gasteiger partial charge in [-0.05, 0) is 44.9 Å². The Balaban J connectivity index is 1.64. The number of hydrogen-bond donors (Lipinski definition) is 0. The molecule has 1 aliphatic heterocycles. The molecule has 1 aliphatic rings. The van der Waals surface area contributed by atoms with Gasteiger partial charge in [0.25, 0.3) is 5.91 Å². The maximum atomic E-state index is 13.2. The molecule has 7 nitrogen and oxygen atoms in total. The minimum absolute atomic E-state index is 0.0345. The molecule has 1 amide bonds. The smallest absolute Gasteiger partial charge is 0.250 e. The average molecular weight is 401 g/mol. The zero-order valence-corrected chi connectivity index (χ0v) is 17.2. The lowest BCUT2D eigenvalue weighted by Gasteiger charge is -2.23. The largest absolute Gasteiger partial charge is 0.497 e. The normalized spacial score (nSPS) is 16.6. The van der Waals surface area contributed by atoms with Crippen molar-refractivity contribution in [2.75, 3.05) is 25.2 Å². The Labute approximate surface area is 167 Å². The summed E-state index contributed by atoms with van der Waals surface area (Å²) in [5.41, 5.74) is 2.70. The molecular weight excluding hydrogens is 376 g/mol. The molecule has 1 fully saturated rings. The highest BCUT2D eigenvalue weighted by molar-refractivity contribution is 7.22. The van der Waals surface area contributed by atoms with Crippen LogP contribution < -0.4 is 9.64 Å². The summed E-state index contributed by atoms with van der Waals surface area (Å²) < 4.78 is 13.8. The molecule has 0 saturated carbocycles. The highest BCUT2D eigenvalue weighted by Gasteiger charge is 2.27. The minimum Gasteiger partial charge on any atom is -0.497 e. The van der Waals surface area contributed by atoms with E-state index in [0.29, 0.717) is 11.7 Å². The molecule has 4 rings (SSSR count). The van der Waals surface area contributed by atoms with E-state index in [1.807, 2.05) is 38.1 Å². The lowest BCUT2D eigenvalue weighted by atomic mass is 10.2. The van der Waals surface area contributed by atoms with Gasteiger partial charge in [-0.3, -0.25) is 14.4 Å². The summed E-state index contributed by atoms with van der Waals surface area (Å²) in [6, 6.07) is 7.75. The number of amides is 1. The van der Waals surface area contributed by atoms with Crippen LogP contribution in [0.15, 0.2) is 24.3 Å². The predicted molar refractivity (Wildman–Crippen MR) is 109 cm³/mol. The van der Waals surface area contributed by atoms with Crippen LogP contribution in [-0.2, 0) is 16.1 Å². The second-order valence-corrected chi connectivity index (χ2v) is 8.06. The number of methoxy groups -OCH3 is 1. The molecule has 0 spiro atoms. The zero-order chi connectivity index (χ0) is 19.7. The van der Waals surface area contributed by atoms with Crippen molar-refractivity contribution < 1.29 is 14.3 Å². The van der Waals surface area contributed by atoms with Gasteiger partial charge in [-0.15, -0.1) is 0 Å². The van der Waals surface area contributed by atoms with Crippen molar-refractivity contribution in [2.45, 2.75) is 39.3 Å². The van der Waals surface area contributed by atoms with Crippen molar-refractivity contribution in [2.24, 2.45) is 0 Å². The fourth-order valence-electron chi connectivity index (χ4n) is 3.46. The van der Waals surface area contributed by atoms with Crippen LogP contribution in [0, 0.1) is 13.8 Å². The van der Waals surface area contributed by atoms with E-state index in [0.717, 1.165) is 46.8 Å². The van der Waals surface area contributed by atoms with Gasteiger partial charge in [0.2, 0.25) is 0 Å². The maximum Gasteiger partial charge on any atom is 0.250 e. The van der Waals surface area contributed by atoms with Gasteiger partial charge in [-0.2, -0.15) is 5.10 Å². The molecule has 0 aliphatic carbocycles. The monoisotopic (exact) mass is 400 g/mol. The van der Waals surface area contributed by atoms with Gasteiger partial charge in [0, 0.05) is 18.4 Å². The van der Waals surface area contributed by atoms with Crippen LogP contribution in [-0.4, -0.2) is 47.0 Å². The van der Waals surface area contributed by atoms with E-state index in [4.69, 9.17) is 14.5 Å². The fourth-order valence-corrected chi connectivity index (χ4v) is 4.44. The molecule has 148 valence electrons. The van der Waals surface area contributed by atoms with Gasteiger partial charge in [-0.1, -0.05) is 11.3 Å². The van der Waals surface area contributed by atoms with Gasteiger partial charge in [-0.25, -0.2) is 4.98 Å². The second-order valence-electron chi connectivity index (χ2n) is 7.05. The Morgan fingerprint density at radius 2 is 2.25 bits per heavy atom. The number of aryl methyl sites for hydroxylation is 2. The molecular formula is C20H24N4O3S. The first-order valence-electron chi connectivity index (χ1n) is 9.41. The summed E-state index contributed by atoms with van der Waals surface area (Å²) >= 11 is 1.51. The van der Waals surface area contributed by atoms with Crippen LogP contribution >= 0.6 is 11.3 Å². The Morgan fingerprint density at radius 3 is 2.93 bits per heavy atom. The lowest BCUT2D eigenvalue weighted by molar-refractivity contribution is -0.119. The first kappa shape index (κ1) is 18.9. The molecule has 28 heavy (non-hydrogen) atoms. The third-order valence-corrected chi connectivity index (χ3v) is 5.97. The first-order valence-corrected chi connectivity index (χ1v) is 10.2. The molecule has 3 aromatic rings. The Bertz CT molecular complexity index is 991. The number of anilines is 1. The number of benzene rings is 1. The Morgan fingerprint density at radius 1 is 1.39 bits per heavy atom. The van der Waals surface area contributed by atoms with E-state index in [1.54, 1.807) is 16.7 Å². The van der Waals surface area contributed by atoms with Crippen molar-refractivity contribution in [3.63, 3.8) is 0 Å². The van der Waals surface area contributed by atoms with Crippen LogP contribution in [0.1, 0.15) is 24.2 Å². The predicted octanol–water partition coefficient (Wildman–Crippen LogP) is 3.33. The van der Waals surface area contributed by atoms with Crippen LogP contribution in [0.25, 0.3) is 10.2 Å². The second kappa shape index (κ2) is 7.89. The zero-order valence-electron chi connectivity index (χ0n) is 16.3. The van der Waals surface area contributed by atoms with E-state index in [2.05, 4.69) is 5.10 Å². The van der Waals surface area contributed by atoms with E-state index in [9.17, 15) is 4.79 Å². The summed E-state index contributed by atoms with van der Waals surface area (Å²) in [6.07, 6.45) is 2.04. The molecule has 0 bridgehead atoms. The Hall–Kier alpha value is -2.45. The molecule has 1 saturated heterocycles. The van der Waals surface area contributed by atoms with Crippen molar-refractivity contribution in [1.29, 1.82) is 0 Å². The summed E-state index contributed by atoms with van der Waals surface area (Å²) in [4.78, 5) is 19.7. The molecule has 1 atom stereocenters. The number of nitrogens with zero attached hydrogens (tertiary/aromatic N) is 4. The number of rotatable bonds is 6. The number of hydrogen-bond acceptors (Lipinski definition) is 6. The van der Waals surface area contributed by atoms with Crippen molar-refractivity contribution >= 4 is 32.6 Å². The third-order valence-electron chi connectivity index (χ3n) is 4.91. The average Bonchev–Trinajstić information content (AvgIpc) is 3.39. The molecule has 2 aromatic heterocycles. The first-order chi connectivity index (χ1) is 13.5. The van der Waals surface area contributed by atoms with Crippen LogP contribution in [0.2, 0.25) is 0 Å². The van der Waals surface area contributed by atoms with Gasteiger partial charge in [0.1, 0.15) is 12.3 Å². The van der Waals surface area contributed by atoms with E-state index in [1.165, 1.54) is 11.3 Å². The fraction of sp³-hybridized carbons (Fsp3) is 0.450. The molecule has 0 N–H and O–H groups in total. The minimum atomic E-state index is -0.0345. The Kier molecular flexibility index (Phi) is 5.32. The molecule has 0 radical (unpaired) electrons. The van der Waals surface area contributed by atoms with E-state index in [-0.39, 0.29) is 18.6 Å². The maximum absolute atomic E-state index is 13.2. The van der Waals surface area contributed by atoms with E-state index >= 15 is 0 Å². The third kappa shape index (κ3) is 3.88. The van der Waals surface area contributed by atoms with Crippen LogP contribution in [0.3, 0.4) is 0 Å². The highest BCUT2D eigenvalue weighted by atomic mass is 32.1. The summed E-state index contributed by atoms with van der Waals surface area (Å²) in [5.74, 6) is 0.719. The summed E-state index contributed by atoms with van der Waals surface area (Å²) in [5, 5.41) is 5.11. The topological polar surface area (TPSA) is 69.5 Å². The van der Waals surface area contributed by atoms with Crippen molar-refractivity contribution in [1.82, 2.24) is 14.8 Å². The number of aromatic nitrogens is 3. The molecule has 3 heterocycles. The van der Waals surface area contributed by atoms with Crippen molar-refractivity contribution in [3.8, 4) is 5.75 Å². The number of carbonyl (C=O) groups excluding carboxylic acids is 1. The number of thiazole rings is 1. The van der Waals surface area contributed by atoms with Crippen molar-refractivity contribution in [3.05, 3.63) is 35.7 Å². The number of carbonyl (C=O) groups is 1. The standard InChI is InChI=1S/C20H24N4O3S/c1-13-9-14(2)24(22-13)12-19(25)23(11-16-5-4-8-27-16)20-21-17-10-15(26-3)6-7-18(17)28-20/h6-7,9-10,16H,4-5,8,11-12H2,1-3H3.